The third kappa shape index (κ3) is 3.51. The van der Waals surface area contributed by atoms with E-state index < -0.39 is 0 Å². The van der Waals surface area contributed by atoms with Gasteiger partial charge in [-0.1, -0.05) is 24.3 Å². The van der Waals surface area contributed by atoms with Gasteiger partial charge in [0.1, 0.15) is 17.9 Å². The second kappa shape index (κ2) is 7.34. The summed E-state index contributed by atoms with van der Waals surface area (Å²) in [5, 5.41) is 0.903. The maximum absolute atomic E-state index is 12.1. The van der Waals surface area contributed by atoms with Crippen LogP contribution in [0.15, 0.2) is 57.7 Å². The average molecular weight is 350 g/mol. The summed E-state index contributed by atoms with van der Waals surface area (Å²) in [6.45, 7) is 3.37. The number of aryl methyl sites for hydroxylation is 1. The third-order valence-electron chi connectivity index (χ3n) is 4.86. The lowest BCUT2D eigenvalue weighted by atomic mass is 9.98. The first-order chi connectivity index (χ1) is 12.7. The largest absolute Gasteiger partial charge is 0.491 e. The van der Waals surface area contributed by atoms with E-state index >= 15 is 0 Å². The van der Waals surface area contributed by atoms with E-state index in [-0.39, 0.29) is 11.7 Å². The van der Waals surface area contributed by atoms with E-state index in [2.05, 4.69) is 0 Å². The van der Waals surface area contributed by atoms with Crippen LogP contribution in [-0.2, 0) is 4.74 Å². The van der Waals surface area contributed by atoms with Crippen LogP contribution in [0.3, 0.4) is 0 Å². The minimum absolute atomic E-state index is 0.143. The molecular weight excluding hydrogens is 328 g/mol. The van der Waals surface area contributed by atoms with Crippen LogP contribution in [0.2, 0.25) is 0 Å². The number of rotatable bonds is 4. The minimum atomic E-state index is -0.358. The third-order valence-corrected chi connectivity index (χ3v) is 4.86. The molecule has 0 amide bonds. The lowest BCUT2D eigenvalue weighted by Crippen LogP contribution is -2.25. The molecule has 4 rings (SSSR count). The van der Waals surface area contributed by atoms with Crippen molar-refractivity contribution >= 4 is 11.0 Å². The zero-order chi connectivity index (χ0) is 17.9. The monoisotopic (exact) mass is 350 g/mol. The summed E-state index contributed by atoms with van der Waals surface area (Å²) in [6.07, 6.45) is 3.48. The van der Waals surface area contributed by atoms with Crippen LogP contribution >= 0.6 is 0 Å². The van der Waals surface area contributed by atoms with Crippen LogP contribution < -0.4 is 10.4 Å². The summed E-state index contributed by atoms with van der Waals surface area (Å²) >= 11 is 0. The van der Waals surface area contributed by atoms with Crippen molar-refractivity contribution in [3.63, 3.8) is 0 Å². The fraction of sp³-hybridized carbons (Fsp3) is 0.318. The van der Waals surface area contributed by atoms with E-state index in [1.165, 1.54) is 6.42 Å². The van der Waals surface area contributed by atoms with E-state index in [4.69, 9.17) is 13.9 Å². The van der Waals surface area contributed by atoms with Gasteiger partial charge in [0.05, 0.1) is 6.10 Å². The second-order valence-electron chi connectivity index (χ2n) is 6.75. The van der Waals surface area contributed by atoms with E-state index in [0.29, 0.717) is 17.9 Å². The molecule has 26 heavy (non-hydrogen) atoms. The van der Waals surface area contributed by atoms with Gasteiger partial charge in [-0.2, -0.15) is 0 Å². The highest BCUT2D eigenvalue weighted by Gasteiger charge is 2.15. The maximum atomic E-state index is 12.1. The van der Waals surface area contributed by atoms with Gasteiger partial charge in [-0.3, -0.25) is 0 Å². The van der Waals surface area contributed by atoms with Gasteiger partial charge in [-0.25, -0.2) is 4.79 Å². The molecule has 1 aliphatic heterocycles. The molecule has 2 aromatic carbocycles. The van der Waals surface area contributed by atoms with Crippen molar-refractivity contribution in [1.29, 1.82) is 0 Å². The predicted molar refractivity (Wildman–Crippen MR) is 102 cm³/mol. The van der Waals surface area contributed by atoms with E-state index in [1.54, 1.807) is 12.1 Å². The molecule has 0 N–H and O–H groups in total. The normalized spacial score (nSPS) is 17.3. The Morgan fingerprint density at radius 3 is 2.77 bits per heavy atom. The van der Waals surface area contributed by atoms with E-state index in [1.807, 2.05) is 43.3 Å². The molecule has 0 radical (unpaired) electrons. The molecule has 1 atom stereocenters. The molecule has 3 aromatic rings. The van der Waals surface area contributed by atoms with Gasteiger partial charge in [0.2, 0.25) is 0 Å². The Bertz CT molecular complexity index is 967. The molecule has 0 bridgehead atoms. The first-order valence-corrected chi connectivity index (χ1v) is 9.09. The summed E-state index contributed by atoms with van der Waals surface area (Å²) < 4.78 is 17.0. The Balaban J connectivity index is 1.66. The predicted octanol–water partition coefficient (Wildman–Crippen LogP) is 4.72. The Kier molecular flexibility index (Phi) is 4.76. The molecule has 1 aliphatic rings. The van der Waals surface area contributed by atoms with Crippen LogP contribution in [0.25, 0.3) is 22.1 Å². The van der Waals surface area contributed by atoms with Crippen LogP contribution in [0.5, 0.6) is 5.75 Å². The summed E-state index contributed by atoms with van der Waals surface area (Å²) in [7, 11) is 0. The van der Waals surface area contributed by atoms with E-state index in [9.17, 15) is 4.79 Å². The first kappa shape index (κ1) is 16.9. The molecule has 1 fully saturated rings. The zero-order valence-electron chi connectivity index (χ0n) is 14.9. The molecule has 0 aliphatic carbocycles. The number of ether oxygens (including phenoxy) is 2. The van der Waals surface area contributed by atoms with Gasteiger partial charge in [0.15, 0.2) is 0 Å². The highest BCUT2D eigenvalue weighted by Crippen LogP contribution is 2.31. The van der Waals surface area contributed by atoms with Crippen molar-refractivity contribution < 1.29 is 13.9 Å². The standard InChI is InChI=1S/C22H22O4/c1-15-6-2-3-8-18(15)20-13-22(23)26-21-12-16(9-10-19(20)21)25-14-17-7-4-5-11-24-17/h2-3,6,8-10,12-13,17H,4-5,7,11,14H2,1H3. The lowest BCUT2D eigenvalue weighted by molar-refractivity contribution is -0.0110. The Hall–Kier alpha value is -2.59. The molecule has 1 unspecified atom stereocenters. The lowest BCUT2D eigenvalue weighted by Gasteiger charge is -2.22. The number of hydrogen-bond acceptors (Lipinski definition) is 4. The van der Waals surface area contributed by atoms with Crippen LogP contribution in [0.1, 0.15) is 24.8 Å². The SMILES string of the molecule is Cc1ccccc1-c1cc(=O)oc2cc(OCC3CCCCO3)ccc12. The Labute approximate surface area is 152 Å². The fourth-order valence-electron chi connectivity index (χ4n) is 3.46. The summed E-state index contributed by atoms with van der Waals surface area (Å²) in [5.41, 5.74) is 3.22. The summed E-state index contributed by atoms with van der Waals surface area (Å²) in [4.78, 5) is 12.1. The van der Waals surface area contributed by atoms with Crippen molar-refractivity contribution in [1.82, 2.24) is 0 Å². The first-order valence-electron chi connectivity index (χ1n) is 9.09. The van der Waals surface area contributed by atoms with Crippen molar-refractivity contribution in [2.75, 3.05) is 13.2 Å². The van der Waals surface area contributed by atoms with E-state index in [0.717, 1.165) is 41.5 Å². The number of hydrogen-bond donors (Lipinski definition) is 0. The molecule has 2 heterocycles. The zero-order valence-corrected chi connectivity index (χ0v) is 14.9. The maximum Gasteiger partial charge on any atom is 0.336 e. The van der Waals surface area contributed by atoms with Crippen LogP contribution in [-0.4, -0.2) is 19.3 Å². The topological polar surface area (TPSA) is 48.7 Å². The highest BCUT2D eigenvalue weighted by atomic mass is 16.5. The molecular formula is C22H22O4. The molecule has 1 saturated heterocycles. The molecule has 0 spiro atoms. The summed E-state index contributed by atoms with van der Waals surface area (Å²) in [6, 6.07) is 15.3. The van der Waals surface area contributed by atoms with Gasteiger partial charge in [0, 0.05) is 29.7 Å². The fourth-order valence-corrected chi connectivity index (χ4v) is 3.46. The molecule has 4 heteroatoms. The Morgan fingerprint density at radius 1 is 1.08 bits per heavy atom. The average Bonchev–Trinajstić information content (AvgIpc) is 2.67. The Morgan fingerprint density at radius 2 is 1.96 bits per heavy atom. The number of fused-ring (bicyclic) bond motifs is 1. The molecule has 0 saturated carbocycles. The second-order valence-corrected chi connectivity index (χ2v) is 6.75. The van der Waals surface area contributed by atoms with Crippen molar-refractivity contribution in [3.05, 3.63) is 64.5 Å². The quantitative estimate of drug-likeness (QED) is 0.639. The van der Waals surface area contributed by atoms with Gasteiger partial charge >= 0.3 is 5.63 Å². The number of benzene rings is 2. The molecule has 1 aromatic heterocycles. The summed E-state index contributed by atoms with van der Waals surface area (Å²) in [5.74, 6) is 0.691. The van der Waals surface area contributed by atoms with Crippen LogP contribution in [0, 0.1) is 6.92 Å². The van der Waals surface area contributed by atoms with Gasteiger partial charge in [-0.05, 0) is 49.4 Å². The minimum Gasteiger partial charge on any atom is -0.491 e. The van der Waals surface area contributed by atoms with Crippen molar-refractivity contribution in [3.8, 4) is 16.9 Å². The molecule has 4 nitrogen and oxygen atoms in total. The van der Waals surface area contributed by atoms with Gasteiger partial charge in [0.25, 0.3) is 0 Å². The highest BCUT2D eigenvalue weighted by molar-refractivity contribution is 5.94. The van der Waals surface area contributed by atoms with Crippen molar-refractivity contribution in [2.45, 2.75) is 32.3 Å². The van der Waals surface area contributed by atoms with Gasteiger partial charge < -0.3 is 13.9 Å². The molecule has 134 valence electrons. The van der Waals surface area contributed by atoms with Crippen molar-refractivity contribution in [2.24, 2.45) is 0 Å². The smallest absolute Gasteiger partial charge is 0.336 e. The van der Waals surface area contributed by atoms with Crippen LogP contribution in [0.4, 0.5) is 0 Å². The van der Waals surface area contributed by atoms with Gasteiger partial charge in [-0.15, -0.1) is 0 Å².